The topological polar surface area (TPSA) is 112 Å². The first-order valence-corrected chi connectivity index (χ1v) is 9.51. The number of nitrogens with one attached hydrogen (secondary N) is 1. The molecule has 4 rings (SSSR count). The number of hydrogen-bond acceptors (Lipinski definition) is 6. The Hall–Kier alpha value is -3.16. The number of ether oxygens (including phenoxy) is 1. The van der Waals surface area contributed by atoms with Crippen LogP contribution in [-0.2, 0) is 16.1 Å². The van der Waals surface area contributed by atoms with Gasteiger partial charge in [0.25, 0.3) is 0 Å². The minimum Gasteiger partial charge on any atom is -0.462 e. The van der Waals surface area contributed by atoms with E-state index in [9.17, 15) is 9.59 Å². The number of amides is 1. The summed E-state index contributed by atoms with van der Waals surface area (Å²) in [5, 5.41) is 3.00. The van der Waals surface area contributed by atoms with E-state index in [1.165, 1.54) is 0 Å². The van der Waals surface area contributed by atoms with Gasteiger partial charge in [-0.1, -0.05) is 12.1 Å². The van der Waals surface area contributed by atoms with Crippen LogP contribution in [0.5, 0.6) is 0 Å². The lowest BCUT2D eigenvalue weighted by Gasteiger charge is -2.16. The van der Waals surface area contributed by atoms with Crippen molar-refractivity contribution in [3.05, 3.63) is 29.8 Å². The number of carbonyl (C=O) groups excluding carboxylic acids is 2. The predicted molar refractivity (Wildman–Crippen MR) is 106 cm³/mol. The molecule has 0 saturated heterocycles. The average molecular weight is 381 g/mol. The number of rotatable bonds is 6. The quantitative estimate of drug-likeness (QED) is 0.634. The molecule has 1 unspecified atom stereocenters. The van der Waals surface area contributed by atoms with Crippen molar-refractivity contribution in [1.29, 1.82) is 0 Å². The van der Waals surface area contributed by atoms with Gasteiger partial charge in [0, 0.05) is 18.5 Å². The third-order valence-electron chi connectivity index (χ3n) is 4.86. The van der Waals surface area contributed by atoms with Crippen molar-refractivity contribution in [3.8, 4) is 0 Å². The maximum absolute atomic E-state index is 12.5. The molecule has 1 aromatic carbocycles. The fourth-order valence-electron chi connectivity index (χ4n) is 3.33. The van der Waals surface area contributed by atoms with Gasteiger partial charge in [0.15, 0.2) is 5.65 Å². The summed E-state index contributed by atoms with van der Waals surface area (Å²) in [6.07, 6.45) is 1.88. The first-order valence-electron chi connectivity index (χ1n) is 9.51. The van der Waals surface area contributed by atoms with Gasteiger partial charge in [0.2, 0.25) is 5.91 Å². The number of benzene rings is 1. The van der Waals surface area contributed by atoms with Crippen LogP contribution in [0.15, 0.2) is 24.3 Å². The van der Waals surface area contributed by atoms with Gasteiger partial charge in [-0.15, -0.1) is 0 Å². The van der Waals surface area contributed by atoms with Gasteiger partial charge in [0.05, 0.1) is 17.6 Å². The molecule has 1 atom stereocenters. The summed E-state index contributed by atoms with van der Waals surface area (Å²) >= 11 is 0. The average Bonchev–Trinajstić information content (AvgIpc) is 3.48. The maximum Gasteiger partial charge on any atom is 0.344 e. The molecular weight excluding hydrogens is 358 g/mol. The molecule has 3 aromatic rings. The Kier molecular flexibility index (Phi) is 4.62. The minimum absolute atomic E-state index is 0.0599. The van der Waals surface area contributed by atoms with Crippen LogP contribution in [-0.4, -0.2) is 39.1 Å². The molecule has 1 aliphatic carbocycles. The van der Waals surface area contributed by atoms with Crippen LogP contribution in [0.25, 0.3) is 22.2 Å². The number of esters is 1. The Morgan fingerprint density at radius 3 is 2.61 bits per heavy atom. The highest BCUT2D eigenvalue weighted by Crippen LogP contribution is 2.30. The molecule has 8 heteroatoms. The van der Waals surface area contributed by atoms with Gasteiger partial charge in [-0.05, 0) is 38.8 Å². The number of hydrogen-bond donors (Lipinski definition) is 2. The molecule has 8 nitrogen and oxygen atoms in total. The zero-order chi connectivity index (χ0) is 19.8. The molecule has 1 saturated carbocycles. The van der Waals surface area contributed by atoms with Crippen molar-refractivity contribution in [1.82, 2.24) is 19.9 Å². The lowest BCUT2D eigenvalue weighted by Crippen LogP contribution is -2.36. The van der Waals surface area contributed by atoms with Crippen molar-refractivity contribution >= 4 is 39.9 Å². The molecule has 28 heavy (non-hydrogen) atoms. The van der Waals surface area contributed by atoms with Crippen molar-refractivity contribution in [2.24, 2.45) is 5.92 Å². The molecule has 3 N–H and O–H groups in total. The number of anilines is 1. The summed E-state index contributed by atoms with van der Waals surface area (Å²) in [4.78, 5) is 33.9. The smallest absolute Gasteiger partial charge is 0.344 e. The first-order chi connectivity index (χ1) is 13.5. The van der Waals surface area contributed by atoms with Crippen molar-refractivity contribution in [2.75, 3.05) is 12.3 Å². The molecule has 1 aliphatic rings. The molecule has 0 bridgehead atoms. The van der Waals surface area contributed by atoms with E-state index in [4.69, 9.17) is 10.5 Å². The zero-order valence-electron chi connectivity index (χ0n) is 15.9. The summed E-state index contributed by atoms with van der Waals surface area (Å²) in [5.74, 6) is -0.0935. The Balaban J connectivity index is 1.79. The Bertz CT molecular complexity index is 1070. The third kappa shape index (κ3) is 3.26. The van der Waals surface area contributed by atoms with Crippen LogP contribution in [0.2, 0.25) is 0 Å². The van der Waals surface area contributed by atoms with Crippen LogP contribution in [0.4, 0.5) is 5.82 Å². The van der Waals surface area contributed by atoms with E-state index < -0.39 is 5.97 Å². The van der Waals surface area contributed by atoms with Gasteiger partial charge < -0.3 is 20.4 Å². The molecule has 1 amide bonds. The lowest BCUT2D eigenvalue weighted by atomic mass is 10.2. The highest BCUT2D eigenvalue weighted by molar-refractivity contribution is 6.08. The van der Waals surface area contributed by atoms with E-state index in [1.807, 2.05) is 31.2 Å². The van der Waals surface area contributed by atoms with E-state index >= 15 is 0 Å². The van der Waals surface area contributed by atoms with Crippen molar-refractivity contribution < 1.29 is 14.3 Å². The van der Waals surface area contributed by atoms with Crippen LogP contribution in [0.3, 0.4) is 0 Å². The summed E-state index contributed by atoms with van der Waals surface area (Å²) in [6.45, 7) is 4.26. The number of carbonyl (C=O) groups is 2. The summed E-state index contributed by atoms with van der Waals surface area (Å²) < 4.78 is 6.92. The van der Waals surface area contributed by atoms with E-state index in [1.54, 1.807) is 11.5 Å². The number of nitrogen functional groups attached to an aromatic ring is 1. The van der Waals surface area contributed by atoms with Crippen LogP contribution in [0.1, 0.15) is 37.0 Å². The van der Waals surface area contributed by atoms with E-state index in [2.05, 4.69) is 15.3 Å². The second-order valence-electron chi connectivity index (χ2n) is 7.16. The Morgan fingerprint density at radius 1 is 1.29 bits per heavy atom. The molecular formula is C20H23N5O3. The molecule has 0 radical (unpaired) electrons. The Labute approximate surface area is 162 Å². The third-order valence-corrected chi connectivity index (χ3v) is 4.86. The molecule has 2 heterocycles. The normalized spacial score (nSPS) is 14.9. The molecule has 0 spiro atoms. The fraction of sp³-hybridized carbons (Fsp3) is 0.400. The van der Waals surface area contributed by atoms with Gasteiger partial charge in [-0.2, -0.15) is 0 Å². The van der Waals surface area contributed by atoms with E-state index in [-0.39, 0.29) is 35.9 Å². The second kappa shape index (κ2) is 7.10. The van der Waals surface area contributed by atoms with Crippen molar-refractivity contribution in [3.63, 3.8) is 0 Å². The van der Waals surface area contributed by atoms with E-state index in [0.717, 1.165) is 12.8 Å². The molecule has 2 aromatic heterocycles. The minimum atomic E-state index is -0.525. The second-order valence-corrected chi connectivity index (χ2v) is 7.16. The molecule has 0 aliphatic heterocycles. The number of nitrogens with two attached hydrogens (primary N) is 1. The first kappa shape index (κ1) is 18.2. The highest BCUT2D eigenvalue weighted by Gasteiger charge is 2.31. The number of nitrogens with zero attached hydrogens (tertiary/aromatic N) is 3. The molecule has 1 fully saturated rings. The van der Waals surface area contributed by atoms with Crippen LogP contribution in [0, 0.1) is 5.92 Å². The standard InChI is InChI=1S/C20H23N5O3/c1-3-28-20(27)15-16-18(24-14-7-5-4-6-13(14)23-16)25(17(15)21)10-11(2)22-19(26)12-8-9-12/h4-7,11-12H,3,8-10,21H2,1-2H3,(H,22,26). The van der Waals surface area contributed by atoms with Crippen LogP contribution >= 0.6 is 0 Å². The zero-order valence-corrected chi connectivity index (χ0v) is 15.9. The van der Waals surface area contributed by atoms with Gasteiger partial charge in [-0.25, -0.2) is 14.8 Å². The maximum atomic E-state index is 12.5. The number of aromatic nitrogens is 3. The molecule has 146 valence electrons. The fourth-order valence-corrected chi connectivity index (χ4v) is 3.33. The van der Waals surface area contributed by atoms with Gasteiger partial charge in [0.1, 0.15) is 16.9 Å². The largest absolute Gasteiger partial charge is 0.462 e. The summed E-state index contributed by atoms with van der Waals surface area (Å²) in [5.41, 5.74) is 8.85. The highest BCUT2D eigenvalue weighted by atomic mass is 16.5. The van der Waals surface area contributed by atoms with Crippen molar-refractivity contribution in [2.45, 2.75) is 39.3 Å². The number of fused-ring (bicyclic) bond motifs is 2. The predicted octanol–water partition coefficient (Wildman–Crippen LogP) is 2.26. The number of para-hydroxylation sites is 2. The summed E-state index contributed by atoms with van der Waals surface area (Å²) in [6, 6.07) is 7.27. The van der Waals surface area contributed by atoms with Gasteiger partial charge in [-0.3, -0.25) is 4.79 Å². The summed E-state index contributed by atoms with van der Waals surface area (Å²) in [7, 11) is 0. The van der Waals surface area contributed by atoms with Gasteiger partial charge >= 0.3 is 5.97 Å². The lowest BCUT2D eigenvalue weighted by molar-refractivity contribution is -0.122. The van der Waals surface area contributed by atoms with Crippen LogP contribution < -0.4 is 11.1 Å². The Morgan fingerprint density at radius 2 is 1.96 bits per heavy atom. The SMILES string of the molecule is CCOC(=O)c1c(N)n(CC(C)NC(=O)C2CC2)c2nc3ccccc3nc12. The van der Waals surface area contributed by atoms with E-state index in [0.29, 0.717) is 28.7 Å². The monoisotopic (exact) mass is 381 g/mol.